The van der Waals surface area contributed by atoms with Crippen LogP contribution in [-0.2, 0) is 23.8 Å². The predicted octanol–water partition coefficient (Wildman–Crippen LogP) is 4.37. The molecule has 6 aliphatic rings. The first-order valence-corrected chi connectivity index (χ1v) is 16.5. The molecule has 2 spiro atoms. The van der Waals surface area contributed by atoms with E-state index in [2.05, 4.69) is 34.6 Å². The summed E-state index contributed by atoms with van der Waals surface area (Å²) in [6.45, 7) is 16.2. The standard InChI is InChI=1S/C34H55NO7/c1-18-15-20(28(30(5,6)39)40-19(2)36)41-26-25(18)31(7)13-14-34-17-33(34)12-11-23(42-24(37)16-35)29(3,4)21(33)9-10-22(34)32(31,8)27(26)38/h18,20-23,25-28,38-39H,9-17,35H2,1-8H3/t18-,20+,21+,22+,23+,25+,26+,27+,28+,31-,32-,33-,34+/m1/s1. The molecule has 5 saturated carbocycles. The Hall–Kier alpha value is -1.22. The zero-order valence-corrected chi connectivity index (χ0v) is 27.1. The number of carbonyl (C=O) groups excluding carboxylic acids is 2. The molecule has 0 radical (unpaired) electrons. The molecule has 0 aromatic heterocycles. The van der Waals surface area contributed by atoms with Crippen LogP contribution in [0.25, 0.3) is 0 Å². The van der Waals surface area contributed by atoms with E-state index in [0.29, 0.717) is 18.3 Å². The van der Waals surface area contributed by atoms with Gasteiger partial charge in [-0.05, 0) is 105 Å². The average Bonchev–Trinajstić information content (AvgIpc) is 3.52. The predicted molar refractivity (Wildman–Crippen MR) is 157 cm³/mol. The number of hydrogen-bond donors (Lipinski definition) is 3. The molecular formula is C34H55NO7. The van der Waals surface area contributed by atoms with Gasteiger partial charge in [0.15, 0.2) is 6.10 Å². The van der Waals surface area contributed by atoms with Crippen molar-refractivity contribution in [2.24, 2.45) is 56.5 Å². The number of aliphatic hydroxyl groups is 2. The van der Waals surface area contributed by atoms with Crippen LogP contribution in [0, 0.1) is 50.7 Å². The molecule has 6 fully saturated rings. The summed E-state index contributed by atoms with van der Waals surface area (Å²) in [5.74, 6) is 0.575. The van der Waals surface area contributed by atoms with E-state index in [0.717, 1.165) is 32.1 Å². The fourth-order valence-corrected chi connectivity index (χ4v) is 12.8. The maximum absolute atomic E-state index is 12.4. The minimum atomic E-state index is -1.26. The summed E-state index contributed by atoms with van der Waals surface area (Å²) in [4.78, 5) is 24.2. The number of hydrogen-bond acceptors (Lipinski definition) is 8. The van der Waals surface area contributed by atoms with Crippen molar-refractivity contribution in [3.8, 4) is 0 Å². The summed E-state index contributed by atoms with van der Waals surface area (Å²) in [6.07, 6.45) is 5.84. The summed E-state index contributed by atoms with van der Waals surface area (Å²) in [5.41, 5.74) is 4.27. The first-order chi connectivity index (χ1) is 19.4. The monoisotopic (exact) mass is 589 g/mol. The maximum Gasteiger partial charge on any atom is 0.319 e. The molecule has 8 heteroatoms. The molecule has 0 aromatic carbocycles. The van der Waals surface area contributed by atoms with E-state index in [1.807, 2.05) is 0 Å². The summed E-state index contributed by atoms with van der Waals surface area (Å²) >= 11 is 0. The Bertz CT molecular complexity index is 1130. The normalized spacial score (nSPS) is 51.1. The molecule has 0 aromatic rings. The molecule has 1 heterocycles. The molecule has 1 saturated heterocycles. The number of aliphatic hydroxyl groups excluding tert-OH is 1. The van der Waals surface area contributed by atoms with Crippen molar-refractivity contribution in [3.05, 3.63) is 0 Å². The van der Waals surface area contributed by atoms with Crippen molar-refractivity contribution in [1.82, 2.24) is 0 Å². The fraction of sp³-hybridized carbons (Fsp3) is 0.941. The lowest BCUT2D eigenvalue weighted by atomic mass is 9.41. The second-order valence-electron chi connectivity index (χ2n) is 16.9. The van der Waals surface area contributed by atoms with Crippen LogP contribution in [0.4, 0.5) is 0 Å². The van der Waals surface area contributed by atoms with Crippen LogP contribution >= 0.6 is 0 Å². The largest absolute Gasteiger partial charge is 0.461 e. The maximum atomic E-state index is 12.4. The van der Waals surface area contributed by atoms with E-state index in [-0.39, 0.29) is 63.6 Å². The SMILES string of the molecule is CC(=O)O[C@@H]([C@@H]1C[C@@H](C)[C@H]2[C@H](O1)[C@H](O)[C@@]1(C)[C@@H]3CC[C@H]4C(C)(C)[C@@H](OC(=O)CN)CC[C@@]45C[C@@]35CC[C@]21C)C(C)(C)O. The van der Waals surface area contributed by atoms with Gasteiger partial charge in [-0.25, -0.2) is 0 Å². The topological polar surface area (TPSA) is 128 Å². The lowest BCUT2D eigenvalue weighted by Gasteiger charge is -2.63. The molecule has 0 bridgehead atoms. The molecule has 4 N–H and O–H groups in total. The smallest absolute Gasteiger partial charge is 0.319 e. The number of fused-ring (bicyclic) bond motifs is 4. The number of carbonyl (C=O) groups is 2. The first kappa shape index (κ1) is 30.8. The highest BCUT2D eigenvalue weighted by Crippen LogP contribution is 2.89. The van der Waals surface area contributed by atoms with Crippen LogP contribution < -0.4 is 5.73 Å². The Kier molecular flexibility index (Phi) is 6.89. The lowest BCUT2D eigenvalue weighted by molar-refractivity contribution is -0.216. The minimum Gasteiger partial charge on any atom is -0.461 e. The van der Waals surface area contributed by atoms with Gasteiger partial charge in [-0.15, -0.1) is 0 Å². The molecule has 13 atom stereocenters. The quantitative estimate of drug-likeness (QED) is 0.403. The van der Waals surface area contributed by atoms with Crippen LogP contribution in [0.15, 0.2) is 0 Å². The Balaban J connectivity index is 1.31. The summed E-state index contributed by atoms with van der Waals surface area (Å²) in [6, 6.07) is 0. The van der Waals surface area contributed by atoms with E-state index >= 15 is 0 Å². The van der Waals surface area contributed by atoms with Crippen molar-refractivity contribution in [3.63, 3.8) is 0 Å². The van der Waals surface area contributed by atoms with Gasteiger partial charge in [0.05, 0.1) is 30.5 Å². The fourth-order valence-electron chi connectivity index (χ4n) is 12.8. The third-order valence-electron chi connectivity index (χ3n) is 14.5. The second kappa shape index (κ2) is 9.40. The van der Waals surface area contributed by atoms with E-state index in [1.165, 1.54) is 19.8 Å². The summed E-state index contributed by atoms with van der Waals surface area (Å²) in [5, 5.41) is 23.4. The van der Waals surface area contributed by atoms with Crippen LogP contribution in [0.1, 0.15) is 107 Å². The third-order valence-corrected chi connectivity index (χ3v) is 14.5. The van der Waals surface area contributed by atoms with Gasteiger partial charge < -0.3 is 30.2 Å². The van der Waals surface area contributed by atoms with Crippen LogP contribution in [-0.4, -0.2) is 64.8 Å². The average molecular weight is 590 g/mol. The molecule has 8 nitrogen and oxygen atoms in total. The zero-order valence-electron chi connectivity index (χ0n) is 27.1. The number of nitrogens with two attached hydrogens (primary N) is 1. The van der Waals surface area contributed by atoms with Gasteiger partial charge >= 0.3 is 11.9 Å². The van der Waals surface area contributed by atoms with E-state index in [9.17, 15) is 19.8 Å². The van der Waals surface area contributed by atoms with E-state index in [4.69, 9.17) is 19.9 Å². The molecule has 0 amide bonds. The molecular weight excluding hydrogens is 534 g/mol. The van der Waals surface area contributed by atoms with Crippen molar-refractivity contribution in [1.29, 1.82) is 0 Å². The van der Waals surface area contributed by atoms with E-state index < -0.39 is 29.9 Å². The van der Waals surface area contributed by atoms with Gasteiger partial charge in [-0.1, -0.05) is 34.6 Å². The molecule has 0 unspecified atom stereocenters. The molecule has 238 valence electrons. The van der Waals surface area contributed by atoms with Crippen molar-refractivity contribution in [2.75, 3.05) is 6.54 Å². The molecule has 42 heavy (non-hydrogen) atoms. The van der Waals surface area contributed by atoms with Crippen molar-refractivity contribution >= 4 is 11.9 Å². The number of esters is 2. The first-order valence-electron chi connectivity index (χ1n) is 16.5. The highest BCUT2D eigenvalue weighted by molar-refractivity contribution is 5.71. The number of rotatable bonds is 5. The van der Waals surface area contributed by atoms with Crippen LogP contribution in [0.3, 0.4) is 0 Å². The minimum absolute atomic E-state index is 0.0790. The van der Waals surface area contributed by atoms with Gasteiger partial charge in [0.2, 0.25) is 0 Å². The van der Waals surface area contributed by atoms with Gasteiger partial charge in [-0.3, -0.25) is 9.59 Å². The number of ether oxygens (including phenoxy) is 3. The van der Waals surface area contributed by atoms with Crippen molar-refractivity contribution in [2.45, 2.75) is 143 Å². The van der Waals surface area contributed by atoms with Gasteiger partial charge in [0.1, 0.15) is 6.10 Å². The van der Waals surface area contributed by atoms with Gasteiger partial charge in [0.25, 0.3) is 0 Å². The summed E-state index contributed by atoms with van der Waals surface area (Å²) < 4.78 is 18.3. The zero-order chi connectivity index (χ0) is 30.8. The highest BCUT2D eigenvalue weighted by atomic mass is 16.6. The van der Waals surface area contributed by atoms with Gasteiger partial charge in [0, 0.05) is 17.8 Å². The molecule has 6 rings (SSSR count). The molecule has 1 aliphatic heterocycles. The Morgan fingerprint density at radius 3 is 2.31 bits per heavy atom. The Morgan fingerprint density at radius 1 is 1.05 bits per heavy atom. The van der Waals surface area contributed by atoms with Crippen molar-refractivity contribution < 1.29 is 34.0 Å². The Morgan fingerprint density at radius 2 is 1.69 bits per heavy atom. The van der Waals surface area contributed by atoms with Gasteiger partial charge in [-0.2, -0.15) is 0 Å². The second-order valence-corrected chi connectivity index (χ2v) is 16.9. The summed E-state index contributed by atoms with van der Waals surface area (Å²) in [7, 11) is 0. The lowest BCUT2D eigenvalue weighted by Crippen LogP contribution is -2.60. The van der Waals surface area contributed by atoms with Crippen LogP contribution in [0.2, 0.25) is 0 Å². The van der Waals surface area contributed by atoms with Crippen LogP contribution in [0.5, 0.6) is 0 Å². The highest BCUT2D eigenvalue weighted by Gasteiger charge is 2.84. The van der Waals surface area contributed by atoms with E-state index in [1.54, 1.807) is 13.8 Å². The third kappa shape index (κ3) is 3.79. The Labute approximate surface area is 251 Å². The molecule has 5 aliphatic carbocycles.